The SMILES string of the molecule is CCCCCC12CCC(F)CN1C(C(C(=O)NC1CNCCC1N1CCN(C)CC1)C(N)N)C2. The number of hydrogen-bond acceptors (Lipinski definition) is 7. The van der Waals surface area contributed by atoms with Crippen molar-refractivity contribution in [2.24, 2.45) is 17.4 Å². The maximum absolute atomic E-state index is 14.5. The number of likely N-dealkylation sites (N-methyl/N-ethyl adjacent to an activating group) is 1. The zero-order valence-corrected chi connectivity index (χ0v) is 21.4. The summed E-state index contributed by atoms with van der Waals surface area (Å²) in [6, 6.07) is 0.294. The number of nitrogens with two attached hydrogens (primary N) is 2. The number of alkyl halides is 1. The third-order valence-corrected chi connectivity index (χ3v) is 9.07. The van der Waals surface area contributed by atoms with Crippen molar-refractivity contribution in [2.75, 3.05) is 52.9 Å². The van der Waals surface area contributed by atoms with Crippen molar-refractivity contribution in [1.82, 2.24) is 25.3 Å². The number of unbranched alkanes of at least 4 members (excludes halogenated alkanes) is 2. The van der Waals surface area contributed by atoms with Gasteiger partial charge in [0.25, 0.3) is 0 Å². The molecular weight excluding hydrogens is 433 g/mol. The molecule has 4 rings (SSSR count). The van der Waals surface area contributed by atoms with E-state index in [1.165, 1.54) is 12.8 Å². The maximum atomic E-state index is 14.5. The second-order valence-corrected chi connectivity index (χ2v) is 11.4. The lowest BCUT2D eigenvalue weighted by Crippen LogP contribution is -2.75. The number of carbonyl (C=O) groups excluding carboxylic acids is 1. The summed E-state index contributed by atoms with van der Waals surface area (Å²) in [6.07, 6.45) is 6.45. The van der Waals surface area contributed by atoms with Crippen molar-refractivity contribution in [3.05, 3.63) is 0 Å². The Balaban J connectivity index is 1.43. The highest BCUT2D eigenvalue weighted by Crippen LogP contribution is 2.50. The van der Waals surface area contributed by atoms with Gasteiger partial charge in [-0.15, -0.1) is 0 Å². The van der Waals surface area contributed by atoms with E-state index in [4.69, 9.17) is 11.5 Å². The van der Waals surface area contributed by atoms with Gasteiger partial charge in [-0.1, -0.05) is 26.2 Å². The summed E-state index contributed by atoms with van der Waals surface area (Å²) in [4.78, 5) is 20.8. The minimum Gasteiger partial charge on any atom is -0.350 e. The number of hydrogen-bond donors (Lipinski definition) is 4. The molecule has 6 N–H and O–H groups in total. The lowest BCUT2D eigenvalue weighted by atomic mass is 9.65. The smallest absolute Gasteiger partial charge is 0.227 e. The van der Waals surface area contributed by atoms with Gasteiger partial charge in [0, 0.05) is 56.9 Å². The van der Waals surface area contributed by atoms with E-state index in [-0.39, 0.29) is 23.5 Å². The number of nitrogens with one attached hydrogen (secondary N) is 2. The number of piperazine rings is 1. The molecule has 1 amide bonds. The molecular formula is C25H48FN7O. The first-order valence-electron chi connectivity index (χ1n) is 13.7. The van der Waals surface area contributed by atoms with Crippen molar-refractivity contribution in [2.45, 2.75) is 94.3 Å². The van der Waals surface area contributed by atoms with Gasteiger partial charge in [0.1, 0.15) is 6.17 Å². The third kappa shape index (κ3) is 5.60. The summed E-state index contributed by atoms with van der Waals surface area (Å²) in [5.41, 5.74) is 12.5. The summed E-state index contributed by atoms with van der Waals surface area (Å²) in [5.74, 6) is -0.573. The quantitative estimate of drug-likeness (QED) is 0.280. The monoisotopic (exact) mass is 481 g/mol. The standard InChI is InChI=1S/C25H48FN7O/c1-3-4-5-8-25-9-6-18(26)17-33(25)21(15-25)22(23(27)28)24(34)30-19-16-29-10-7-20(19)32-13-11-31(2)12-14-32/h18-23,29H,3-17,27-28H2,1-2H3,(H,30,34). The summed E-state index contributed by atoms with van der Waals surface area (Å²) >= 11 is 0. The van der Waals surface area contributed by atoms with Crippen LogP contribution in [0.15, 0.2) is 0 Å². The molecule has 0 aliphatic carbocycles. The largest absolute Gasteiger partial charge is 0.350 e. The van der Waals surface area contributed by atoms with Crippen LogP contribution >= 0.6 is 0 Å². The molecule has 0 saturated carbocycles. The van der Waals surface area contributed by atoms with E-state index in [1.54, 1.807) is 0 Å². The second-order valence-electron chi connectivity index (χ2n) is 11.4. The third-order valence-electron chi connectivity index (χ3n) is 9.07. The van der Waals surface area contributed by atoms with E-state index in [1.807, 2.05) is 0 Å². The summed E-state index contributed by atoms with van der Waals surface area (Å²) in [7, 11) is 2.16. The van der Waals surface area contributed by atoms with E-state index in [0.717, 1.165) is 71.4 Å². The minimum atomic E-state index is -0.830. The van der Waals surface area contributed by atoms with Crippen LogP contribution in [0, 0.1) is 5.92 Å². The van der Waals surface area contributed by atoms with Gasteiger partial charge >= 0.3 is 0 Å². The summed E-state index contributed by atoms with van der Waals surface area (Å²) < 4.78 is 14.5. The lowest BCUT2D eigenvalue weighted by Gasteiger charge is -2.64. The number of piperidine rings is 2. The van der Waals surface area contributed by atoms with E-state index in [2.05, 4.69) is 39.3 Å². The second kappa shape index (κ2) is 11.5. The van der Waals surface area contributed by atoms with Crippen LogP contribution in [0.25, 0.3) is 0 Å². The topological polar surface area (TPSA) is 103 Å². The predicted molar refractivity (Wildman–Crippen MR) is 134 cm³/mol. The van der Waals surface area contributed by atoms with Crippen LogP contribution in [-0.4, -0.2) is 109 Å². The van der Waals surface area contributed by atoms with Crippen molar-refractivity contribution < 1.29 is 9.18 Å². The van der Waals surface area contributed by atoms with E-state index in [9.17, 15) is 9.18 Å². The van der Waals surface area contributed by atoms with Crippen LogP contribution in [0.2, 0.25) is 0 Å². The van der Waals surface area contributed by atoms with E-state index in [0.29, 0.717) is 19.0 Å². The Morgan fingerprint density at radius 3 is 2.68 bits per heavy atom. The van der Waals surface area contributed by atoms with E-state index >= 15 is 0 Å². The maximum Gasteiger partial charge on any atom is 0.227 e. The van der Waals surface area contributed by atoms with Crippen LogP contribution in [0.5, 0.6) is 0 Å². The molecule has 0 aromatic carbocycles. The highest BCUT2D eigenvalue weighted by atomic mass is 19.1. The lowest BCUT2D eigenvalue weighted by molar-refractivity contribution is -0.160. The van der Waals surface area contributed by atoms with Gasteiger partial charge in [-0.25, -0.2) is 4.39 Å². The number of fused-ring (bicyclic) bond motifs is 1. The number of carbonyl (C=O) groups is 1. The molecule has 0 bridgehead atoms. The number of rotatable bonds is 9. The normalized spacial score (nSPS) is 36.6. The molecule has 4 aliphatic heterocycles. The first-order chi connectivity index (χ1) is 16.3. The highest BCUT2D eigenvalue weighted by Gasteiger charge is 2.57. The first kappa shape index (κ1) is 26.2. The minimum absolute atomic E-state index is 0.0323. The molecule has 34 heavy (non-hydrogen) atoms. The molecule has 4 heterocycles. The average molecular weight is 482 g/mol. The van der Waals surface area contributed by atoms with Crippen molar-refractivity contribution in [3.63, 3.8) is 0 Å². The van der Waals surface area contributed by atoms with Crippen LogP contribution < -0.4 is 22.1 Å². The van der Waals surface area contributed by atoms with Gasteiger partial charge in [0.2, 0.25) is 5.91 Å². The summed E-state index contributed by atoms with van der Waals surface area (Å²) in [6.45, 7) is 8.52. The number of halogens is 1. The Labute approximate surface area is 205 Å². The predicted octanol–water partition coefficient (Wildman–Crippen LogP) is 0.466. The molecule has 0 spiro atoms. The van der Waals surface area contributed by atoms with Crippen molar-refractivity contribution in [1.29, 1.82) is 0 Å². The molecule has 4 aliphatic rings. The molecule has 6 atom stereocenters. The van der Waals surface area contributed by atoms with Crippen LogP contribution in [0.4, 0.5) is 4.39 Å². The van der Waals surface area contributed by atoms with Gasteiger partial charge in [0.15, 0.2) is 0 Å². The first-order valence-corrected chi connectivity index (χ1v) is 13.7. The Bertz CT molecular complexity index is 674. The Kier molecular flexibility index (Phi) is 8.85. The van der Waals surface area contributed by atoms with Crippen LogP contribution in [0.3, 0.4) is 0 Å². The summed E-state index contributed by atoms with van der Waals surface area (Å²) in [5, 5.41) is 6.80. The Morgan fingerprint density at radius 2 is 1.97 bits per heavy atom. The van der Waals surface area contributed by atoms with Gasteiger partial charge in [-0.05, 0) is 45.7 Å². The number of nitrogens with zero attached hydrogens (tertiary/aromatic N) is 3. The molecule has 196 valence electrons. The fourth-order valence-corrected chi connectivity index (χ4v) is 7.02. The van der Waals surface area contributed by atoms with Gasteiger partial charge < -0.3 is 27.0 Å². The Hall–Kier alpha value is -0.840. The van der Waals surface area contributed by atoms with Crippen molar-refractivity contribution >= 4 is 5.91 Å². The molecule has 6 unspecified atom stereocenters. The van der Waals surface area contributed by atoms with Crippen LogP contribution in [-0.2, 0) is 4.79 Å². The van der Waals surface area contributed by atoms with E-state index < -0.39 is 18.3 Å². The highest BCUT2D eigenvalue weighted by molar-refractivity contribution is 5.80. The zero-order chi connectivity index (χ0) is 24.3. The average Bonchev–Trinajstić information content (AvgIpc) is 2.80. The van der Waals surface area contributed by atoms with Crippen LogP contribution in [0.1, 0.15) is 58.3 Å². The molecule has 4 fully saturated rings. The Morgan fingerprint density at radius 1 is 1.21 bits per heavy atom. The molecule has 4 saturated heterocycles. The van der Waals surface area contributed by atoms with Gasteiger partial charge in [-0.2, -0.15) is 0 Å². The fourth-order valence-electron chi connectivity index (χ4n) is 7.02. The fraction of sp³-hybridized carbons (Fsp3) is 0.960. The molecule has 9 heteroatoms. The molecule has 8 nitrogen and oxygen atoms in total. The van der Waals surface area contributed by atoms with Crippen molar-refractivity contribution in [3.8, 4) is 0 Å². The van der Waals surface area contributed by atoms with Gasteiger partial charge in [0.05, 0.1) is 18.1 Å². The number of amides is 1. The molecule has 0 radical (unpaired) electrons. The molecule has 0 aromatic rings. The zero-order valence-electron chi connectivity index (χ0n) is 21.4. The van der Waals surface area contributed by atoms with Gasteiger partial charge in [-0.3, -0.25) is 14.6 Å². The molecule has 0 aromatic heterocycles.